The molecule has 44 heavy (non-hydrogen) atoms. The van der Waals surface area contributed by atoms with E-state index in [1.54, 1.807) is 36.1 Å². The number of rotatable bonds is 7. The molecule has 1 aromatic heterocycles. The zero-order valence-electron chi connectivity index (χ0n) is 24.4. The Balaban J connectivity index is 1.22. The van der Waals surface area contributed by atoms with E-state index in [2.05, 4.69) is 10.3 Å². The first kappa shape index (κ1) is 30.6. The number of halogens is 2. The molecule has 5 rings (SSSR count). The Bertz CT molecular complexity index is 1620. The van der Waals surface area contributed by atoms with E-state index >= 15 is 0 Å². The summed E-state index contributed by atoms with van der Waals surface area (Å²) in [6.07, 6.45) is 2.47. The molecule has 2 fully saturated rings. The van der Waals surface area contributed by atoms with Crippen molar-refractivity contribution in [1.29, 1.82) is 5.26 Å². The van der Waals surface area contributed by atoms with E-state index in [1.165, 1.54) is 29.9 Å². The van der Waals surface area contributed by atoms with Gasteiger partial charge < -0.3 is 29.2 Å². The molecule has 3 aromatic rings. The van der Waals surface area contributed by atoms with Crippen molar-refractivity contribution in [3.8, 4) is 23.1 Å². The molecular formula is C31H32F2N6O5. The number of benzene rings is 2. The van der Waals surface area contributed by atoms with Crippen LogP contribution in [0.4, 0.5) is 14.5 Å². The van der Waals surface area contributed by atoms with E-state index in [-0.39, 0.29) is 34.8 Å². The lowest BCUT2D eigenvalue weighted by atomic mass is 9.94. The van der Waals surface area contributed by atoms with Crippen LogP contribution >= 0.6 is 0 Å². The molecule has 0 unspecified atom stereocenters. The van der Waals surface area contributed by atoms with Crippen LogP contribution in [0.3, 0.4) is 0 Å². The molecule has 2 aliphatic rings. The zero-order valence-corrected chi connectivity index (χ0v) is 24.4. The van der Waals surface area contributed by atoms with Crippen molar-refractivity contribution in [1.82, 2.24) is 19.4 Å². The van der Waals surface area contributed by atoms with Crippen LogP contribution < -0.4 is 10.1 Å². The number of amides is 3. The molecule has 2 saturated heterocycles. The highest BCUT2D eigenvalue weighted by molar-refractivity contribution is 6.03. The number of nitriles is 1. The second kappa shape index (κ2) is 13.2. The van der Waals surface area contributed by atoms with Gasteiger partial charge in [0.15, 0.2) is 24.0 Å². The predicted molar refractivity (Wildman–Crippen MR) is 155 cm³/mol. The number of hydrogen-bond acceptors (Lipinski definition) is 7. The Labute approximate surface area is 253 Å². The van der Waals surface area contributed by atoms with Gasteiger partial charge in [-0.3, -0.25) is 14.4 Å². The largest absolute Gasteiger partial charge is 0.476 e. The standard InChI is InChI=1S/C31H32F2N6O5/c1-19-17-21(3-4-22(19)31(42)38-10-7-20(8-11-38)30(41)39-12-15-43-16-13-39)36-29(40)28-35-18-24(37(28)2)23-5-6-25(44-14-9-34)27(33)26(23)32/h3-6,17-18,20H,7-8,10-16H2,1-2H3,(H,36,40). The summed E-state index contributed by atoms with van der Waals surface area (Å²) in [5.41, 5.74) is 1.62. The van der Waals surface area contributed by atoms with Crippen molar-refractivity contribution < 1.29 is 32.6 Å². The van der Waals surface area contributed by atoms with Crippen LogP contribution in [-0.4, -0.2) is 83.1 Å². The van der Waals surface area contributed by atoms with Crippen LogP contribution in [0.1, 0.15) is 39.4 Å². The number of piperidine rings is 1. The molecule has 3 amide bonds. The first-order chi connectivity index (χ1) is 21.2. The molecule has 0 radical (unpaired) electrons. The van der Waals surface area contributed by atoms with Gasteiger partial charge in [0.1, 0.15) is 6.07 Å². The quantitative estimate of drug-likeness (QED) is 0.436. The fraction of sp³-hybridized carbons (Fsp3) is 0.387. The van der Waals surface area contributed by atoms with Gasteiger partial charge in [-0.05, 0) is 55.7 Å². The number of imidazole rings is 1. The minimum absolute atomic E-state index is 0.0445. The molecule has 1 N–H and O–H groups in total. The summed E-state index contributed by atoms with van der Waals surface area (Å²) in [6, 6.07) is 9.13. The summed E-state index contributed by atoms with van der Waals surface area (Å²) in [4.78, 5) is 46.9. The van der Waals surface area contributed by atoms with Crippen LogP contribution in [0, 0.1) is 35.8 Å². The smallest absolute Gasteiger partial charge is 0.291 e. The van der Waals surface area contributed by atoms with Crippen LogP contribution in [0.25, 0.3) is 11.3 Å². The third kappa shape index (κ3) is 6.26. The lowest BCUT2D eigenvalue weighted by molar-refractivity contribution is -0.141. The number of morpholine rings is 1. The maximum Gasteiger partial charge on any atom is 0.291 e. The van der Waals surface area contributed by atoms with Gasteiger partial charge in [-0.25, -0.2) is 9.37 Å². The number of hydrogen-bond donors (Lipinski definition) is 1. The highest BCUT2D eigenvalue weighted by Gasteiger charge is 2.31. The SMILES string of the molecule is Cc1cc(NC(=O)c2ncc(-c3ccc(OCC#N)c(F)c3F)n2C)ccc1C(=O)N1CCC(C(=O)N2CCOCC2)CC1. The molecule has 2 aliphatic heterocycles. The lowest BCUT2D eigenvalue weighted by Gasteiger charge is -2.35. The predicted octanol–water partition coefficient (Wildman–Crippen LogP) is 3.54. The third-order valence-electron chi connectivity index (χ3n) is 7.98. The van der Waals surface area contributed by atoms with Crippen molar-refractivity contribution in [3.63, 3.8) is 0 Å². The number of nitrogens with one attached hydrogen (secondary N) is 1. The Kier molecular flexibility index (Phi) is 9.20. The molecular weight excluding hydrogens is 574 g/mol. The van der Waals surface area contributed by atoms with Crippen LogP contribution in [-0.2, 0) is 16.6 Å². The first-order valence-electron chi connectivity index (χ1n) is 14.3. The number of likely N-dealkylation sites (tertiary alicyclic amines) is 1. The summed E-state index contributed by atoms with van der Waals surface area (Å²) in [5.74, 6) is -3.57. The van der Waals surface area contributed by atoms with E-state index < -0.39 is 29.9 Å². The normalized spacial score (nSPS) is 15.5. The van der Waals surface area contributed by atoms with Crippen LogP contribution in [0.2, 0.25) is 0 Å². The fourth-order valence-electron chi connectivity index (χ4n) is 5.53. The monoisotopic (exact) mass is 606 g/mol. The number of nitrogens with zero attached hydrogens (tertiary/aromatic N) is 5. The van der Waals surface area contributed by atoms with Gasteiger partial charge in [0.2, 0.25) is 11.7 Å². The molecule has 11 nitrogen and oxygen atoms in total. The molecule has 3 heterocycles. The molecule has 0 saturated carbocycles. The molecule has 2 aromatic carbocycles. The number of carbonyl (C=O) groups excluding carboxylic acids is 3. The highest BCUT2D eigenvalue weighted by Crippen LogP contribution is 2.30. The second-order valence-electron chi connectivity index (χ2n) is 10.7. The Hall–Kier alpha value is -4.83. The van der Waals surface area contributed by atoms with Crippen molar-refractivity contribution in [3.05, 3.63) is 65.1 Å². The summed E-state index contributed by atoms with van der Waals surface area (Å²) in [7, 11) is 1.50. The van der Waals surface area contributed by atoms with Crippen LogP contribution in [0.15, 0.2) is 36.5 Å². The van der Waals surface area contributed by atoms with E-state index in [9.17, 15) is 23.2 Å². The van der Waals surface area contributed by atoms with Gasteiger partial charge in [-0.15, -0.1) is 0 Å². The molecule has 0 bridgehead atoms. The topological polar surface area (TPSA) is 130 Å². The molecule has 0 atom stereocenters. The number of aryl methyl sites for hydroxylation is 1. The van der Waals surface area contributed by atoms with Crippen molar-refractivity contribution in [2.45, 2.75) is 19.8 Å². The summed E-state index contributed by atoms with van der Waals surface area (Å²) >= 11 is 0. The van der Waals surface area contributed by atoms with Crippen molar-refractivity contribution in [2.75, 3.05) is 51.3 Å². The number of aromatic nitrogens is 2. The maximum atomic E-state index is 14.8. The summed E-state index contributed by atoms with van der Waals surface area (Å²) in [6.45, 7) is 4.63. The minimum Gasteiger partial charge on any atom is -0.476 e. The minimum atomic E-state index is -1.25. The third-order valence-corrected chi connectivity index (χ3v) is 7.98. The number of carbonyl (C=O) groups is 3. The van der Waals surface area contributed by atoms with Gasteiger partial charge >= 0.3 is 0 Å². The van der Waals surface area contributed by atoms with E-state index in [0.29, 0.717) is 69.0 Å². The van der Waals surface area contributed by atoms with Crippen molar-refractivity contribution in [2.24, 2.45) is 13.0 Å². The number of ether oxygens (including phenoxy) is 2. The van der Waals surface area contributed by atoms with E-state index in [4.69, 9.17) is 14.7 Å². The number of anilines is 1. The lowest BCUT2D eigenvalue weighted by Crippen LogP contribution is -2.47. The van der Waals surface area contributed by atoms with Gasteiger partial charge in [-0.2, -0.15) is 9.65 Å². The van der Waals surface area contributed by atoms with Gasteiger partial charge in [0, 0.05) is 56.0 Å². The zero-order chi connectivity index (χ0) is 31.4. The Morgan fingerprint density at radius 1 is 1.07 bits per heavy atom. The van der Waals surface area contributed by atoms with Gasteiger partial charge in [0.05, 0.1) is 25.1 Å². The average Bonchev–Trinajstić information content (AvgIpc) is 3.42. The first-order valence-corrected chi connectivity index (χ1v) is 14.3. The van der Waals surface area contributed by atoms with Crippen molar-refractivity contribution >= 4 is 23.4 Å². The van der Waals surface area contributed by atoms with Gasteiger partial charge in [0.25, 0.3) is 11.8 Å². The second-order valence-corrected chi connectivity index (χ2v) is 10.7. The fourth-order valence-corrected chi connectivity index (χ4v) is 5.53. The Morgan fingerprint density at radius 2 is 1.80 bits per heavy atom. The van der Waals surface area contributed by atoms with Crippen LogP contribution in [0.5, 0.6) is 5.75 Å². The summed E-state index contributed by atoms with van der Waals surface area (Å²) in [5, 5.41) is 11.4. The average molecular weight is 607 g/mol. The Morgan fingerprint density at radius 3 is 2.48 bits per heavy atom. The molecule has 0 aliphatic carbocycles. The van der Waals surface area contributed by atoms with E-state index in [0.717, 1.165) is 0 Å². The molecule has 230 valence electrons. The maximum absolute atomic E-state index is 14.8. The van der Waals surface area contributed by atoms with E-state index in [1.807, 2.05) is 4.90 Å². The highest BCUT2D eigenvalue weighted by atomic mass is 19.2. The van der Waals surface area contributed by atoms with Gasteiger partial charge in [-0.1, -0.05) is 0 Å². The molecule has 0 spiro atoms. The molecule has 13 heteroatoms. The summed E-state index contributed by atoms with van der Waals surface area (Å²) < 4.78 is 40.8.